The highest BCUT2D eigenvalue weighted by molar-refractivity contribution is 5.73. The minimum atomic E-state index is -0.635. The van der Waals surface area contributed by atoms with Crippen LogP contribution in [0.3, 0.4) is 0 Å². The van der Waals surface area contributed by atoms with E-state index in [2.05, 4.69) is 25.5 Å². The molecule has 4 N–H and O–H groups in total. The van der Waals surface area contributed by atoms with Gasteiger partial charge in [0.1, 0.15) is 12.3 Å². The summed E-state index contributed by atoms with van der Waals surface area (Å²) in [6.07, 6.45) is 1.09. The smallest absolute Gasteiger partial charge is 0.227 e. The van der Waals surface area contributed by atoms with Crippen LogP contribution in [-0.2, 0) is 6.54 Å². The average molecular weight is 496 g/mol. The van der Waals surface area contributed by atoms with E-state index >= 15 is 0 Å². The van der Waals surface area contributed by atoms with E-state index in [1.807, 2.05) is 36.9 Å². The summed E-state index contributed by atoms with van der Waals surface area (Å²) in [5, 5.41) is 6.50. The number of anilines is 4. The van der Waals surface area contributed by atoms with Crippen molar-refractivity contribution in [3.63, 3.8) is 0 Å². The number of hydrogen-bond donors (Lipinski definition) is 3. The van der Waals surface area contributed by atoms with Crippen molar-refractivity contribution in [3.05, 3.63) is 53.7 Å². The molecule has 2 aromatic carbocycles. The van der Waals surface area contributed by atoms with Crippen LogP contribution in [0.5, 0.6) is 5.75 Å². The van der Waals surface area contributed by atoms with Crippen LogP contribution >= 0.6 is 0 Å². The van der Waals surface area contributed by atoms with Gasteiger partial charge in [-0.15, -0.1) is 0 Å². The van der Waals surface area contributed by atoms with Crippen molar-refractivity contribution in [1.82, 2.24) is 15.3 Å². The van der Waals surface area contributed by atoms with Crippen LogP contribution in [0, 0.1) is 11.6 Å². The second-order valence-electron chi connectivity index (χ2n) is 9.24. The molecule has 0 amide bonds. The largest absolute Gasteiger partial charge is 0.486 e. The summed E-state index contributed by atoms with van der Waals surface area (Å²) in [6.45, 7) is 9.15. The molecule has 1 fully saturated rings. The lowest BCUT2D eigenvalue weighted by Crippen LogP contribution is -2.44. The third-order valence-corrected chi connectivity index (χ3v) is 6.57. The molecule has 3 aromatic rings. The summed E-state index contributed by atoms with van der Waals surface area (Å²) in [5.74, 6) is -0.786. The fraction of sp³-hybridized carbons (Fsp3) is 0.385. The minimum Gasteiger partial charge on any atom is -0.486 e. The molecule has 2 aliphatic rings. The van der Waals surface area contributed by atoms with E-state index in [0.717, 1.165) is 49.3 Å². The van der Waals surface area contributed by atoms with Crippen LogP contribution in [0.4, 0.5) is 31.8 Å². The lowest BCUT2D eigenvalue weighted by molar-refractivity contribution is 0.287. The molecular weight excluding hydrogens is 464 g/mol. The van der Waals surface area contributed by atoms with Crippen molar-refractivity contribution in [2.24, 2.45) is 5.73 Å². The Hall–Kier alpha value is -3.50. The normalized spacial score (nSPS) is 15.6. The molecule has 36 heavy (non-hydrogen) atoms. The molecular formula is C26H31F2N7O. The van der Waals surface area contributed by atoms with E-state index in [1.165, 1.54) is 6.07 Å². The number of rotatable bonds is 6. The number of halogens is 2. The highest BCUT2D eigenvalue weighted by atomic mass is 19.1. The minimum absolute atomic E-state index is 0.0139. The Balaban J connectivity index is 1.45. The van der Waals surface area contributed by atoms with Crippen molar-refractivity contribution in [1.29, 1.82) is 0 Å². The number of nitrogens with zero attached hydrogens (tertiary/aromatic N) is 4. The summed E-state index contributed by atoms with van der Waals surface area (Å²) in [6, 6.07) is 9.03. The molecule has 1 saturated heterocycles. The molecule has 190 valence electrons. The molecule has 1 aromatic heterocycles. The van der Waals surface area contributed by atoms with Gasteiger partial charge in [0.2, 0.25) is 5.95 Å². The van der Waals surface area contributed by atoms with Crippen LogP contribution in [0.15, 0.2) is 36.5 Å². The second kappa shape index (κ2) is 10.2. The van der Waals surface area contributed by atoms with Crippen LogP contribution in [-0.4, -0.2) is 55.3 Å². The van der Waals surface area contributed by atoms with Gasteiger partial charge in [0.05, 0.1) is 18.4 Å². The SMILES string of the molecule is CC(C)N1CCOc2c(F)cc(-c3nc(Nc4ccc(N5CCNCC5)c(CN)c4)ncc3F)cc21. The lowest BCUT2D eigenvalue weighted by Gasteiger charge is -2.34. The molecule has 0 aliphatic carbocycles. The van der Waals surface area contributed by atoms with Crippen LogP contribution < -0.4 is 30.9 Å². The van der Waals surface area contributed by atoms with Gasteiger partial charge in [-0.25, -0.2) is 18.7 Å². The van der Waals surface area contributed by atoms with Crippen molar-refractivity contribution >= 4 is 23.0 Å². The monoisotopic (exact) mass is 495 g/mol. The zero-order valence-corrected chi connectivity index (χ0v) is 20.5. The maximum atomic E-state index is 15.0. The zero-order chi connectivity index (χ0) is 25.2. The Labute approximate surface area is 209 Å². The van der Waals surface area contributed by atoms with E-state index < -0.39 is 11.6 Å². The van der Waals surface area contributed by atoms with Crippen molar-refractivity contribution in [2.45, 2.75) is 26.4 Å². The first-order chi connectivity index (χ1) is 17.4. The van der Waals surface area contributed by atoms with Crippen molar-refractivity contribution in [3.8, 4) is 17.0 Å². The summed E-state index contributed by atoms with van der Waals surface area (Å²) < 4.78 is 35.4. The van der Waals surface area contributed by atoms with E-state index in [0.29, 0.717) is 30.9 Å². The van der Waals surface area contributed by atoms with Gasteiger partial charge in [-0.2, -0.15) is 0 Å². The van der Waals surface area contributed by atoms with Gasteiger partial charge in [-0.1, -0.05) is 0 Å². The highest BCUT2D eigenvalue weighted by Crippen LogP contribution is 2.39. The van der Waals surface area contributed by atoms with Gasteiger partial charge >= 0.3 is 0 Å². The number of nitrogens with one attached hydrogen (secondary N) is 2. The Bertz CT molecular complexity index is 1250. The first-order valence-electron chi connectivity index (χ1n) is 12.3. The molecule has 0 saturated carbocycles. The van der Waals surface area contributed by atoms with Crippen LogP contribution in [0.2, 0.25) is 0 Å². The van der Waals surface area contributed by atoms with E-state index in [-0.39, 0.29) is 23.4 Å². The maximum Gasteiger partial charge on any atom is 0.227 e. The molecule has 2 aliphatic heterocycles. The number of fused-ring (bicyclic) bond motifs is 1. The average Bonchev–Trinajstić information content (AvgIpc) is 2.89. The fourth-order valence-electron chi connectivity index (χ4n) is 4.77. The third-order valence-electron chi connectivity index (χ3n) is 6.57. The standard InChI is InChI=1S/C26H31F2N7O/c1-16(2)35-9-10-36-25-20(27)12-17(13-23(25)35)24-21(28)15-31-26(33-24)32-19-3-4-22(18(11-19)14-29)34-7-5-30-6-8-34/h3-4,11-13,15-16,30H,5-10,14,29H2,1-2H3,(H,31,32,33). The molecule has 0 bridgehead atoms. The van der Waals surface area contributed by atoms with Crippen LogP contribution in [0.1, 0.15) is 19.4 Å². The Morgan fingerprint density at radius 2 is 1.89 bits per heavy atom. The summed E-state index contributed by atoms with van der Waals surface area (Å²) in [5.41, 5.74) is 9.81. The van der Waals surface area contributed by atoms with Gasteiger partial charge in [-0.05, 0) is 49.7 Å². The van der Waals surface area contributed by atoms with E-state index in [1.54, 1.807) is 6.07 Å². The van der Waals surface area contributed by atoms with Crippen LogP contribution in [0.25, 0.3) is 11.3 Å². The van der Waals surface area contributed by atoms with Gasteiger partial charge in [0.15, 0.2) is 17.4 Å². The first kappa shape index (κ1) is 24.2. The number of hydrogen-bond acceptors (Lipinski definition) is 8. The molecule has 0 atom stereocenters. The first-order valence-corrected chi connectivity index (χ1v) is 12.3. The highest BCUT2D eigenvalue weighted by Gasteiger charge is 2.26. The fourth-order valence-corrected chi connectivity index (χ4v) is 4.77. The topological polar surface area (TPSA) is 91.6 Å². The van der Waals surface area contributed by atoms with E-state index in [9.17, 15) is 8.78 Å². The van der Waals surface area contributed by atoms with Crippen molar-refractivity contribution < 1.29 is 13.5 Å². The second-order valence-corrected chi connectivity index (χ2v) is 9.24. The summed E-state index contributed by atoms with van der Waals surface area (Å²) >= 11 is 0. The van der Waals surface area contributed by atoms with Gasteiger partial charge in [0, 0.05) is 55.7 Å². The molecule has 0 unspecified atom stereocenters. The van der Waals surface area contributed by atoms with Gasteiger partial charge in [-0.3, -0.25) is 0 Å². The molecule has 5 rings (SSSR count). The lowest BCUT2D eigenvalue weighted by atomic mass is 10.1. The van der Waals surface area contributed by atoms with Gasteiger partial charge in [0.25, 0.3) is 0 Å². The predicted molar refractivity (Wildman–Crippen MR) is 138 cm³/mol. The summed E-state index contributed by atoms with van der Waals surface area (Å²) in [4.78, 5) is 12.8. The number of aromatic nitrogens is 2. The van der Waals surface area contributed by atoms with Crippen molar-refractivity contribution in [2.75, 3.05) is 54.4 Å². The molecule has 8 nitrogen and oxygen atoms in total. The molecule has 10 heteroatoms. The number of ether oxygens (including phenoxy) is 1. The predicted octanol–water partition coefficient (Wildman–Crippen LogP) is 3.64. The number of piperazine rings is 1. The zero-order valence-electron chi connectivity index (χ0n) is 20.5. The summed E-state index contributed by atoms with van der Waals surface area (Å²) in [7, 11) is 0. The maximum absolute atomic E-state index is 15.0. The Kier molecular flexibility index (Phi) is 6.88. The molecule has 0 radical (unpaired) electrons. The Morgan fingerprint density at radius 3 is 2.64 bits per heavy atom. The molecule has 0 spiro atoms. The quantitative estimate of drug-likeness (QED) is 0.478. The number of benzene rings is 2. The van der Waals surface area contributed by atoms with E-state index in [4.69, 9.17) is 10.5 Å². The third kappa shape index (κ3) is 4.78. The Morgan fingerprint density at radius 1 is 1.08 bits per heavy atom. The van der Waals surface area contributed by atoms with Gasteiger partial charge < -0.3 is 30.9 Å². The number of nitrogens with two attached hydrogens (primary N) is 1. The molecule has 3 heterocycles.